The van der Waals surface area contributed by atoms with E-state index in [2.05, 4.69) is 80.1 Å². The van der Waals surface area contributed by atoms with Gasteiger partial charge in [-0.3, -0.25) is 0 Å². The first-order chi connectivity index (χ1) is 13.1. The predicted octanol–water partition coefficient (Wildman–Crippen LogP) is 5.96. The van der Waals surface area contributed by atoms with Crippen molar-refractivity contribution in [2.75, 3.05) is 0 Å². The van der Waals surface area contributed by atoms with Crippen molar-refractivity contribution in [2.24, 2.45) is 18.9 Å². The van der Waals surface area contributed by atoms with Gasteiger partial charge in [0.1, 0.15) is 0 Å². The van der Waals surface area contributed by atoms with E-state index >= 15 is 0 Å². The molecule has 1 aromatic heterocycles. The van der Waals surface area contributed by atoms with Gasteiger partial charge in [-0.25, -0.2) is 0 Å². The molecule has 1 aliphatic rings. The van der Waals surface area contributed by atoms with Crippen molar-refractivity contribution in [3.8, 4) is 11.3 Å². The van der Waals surface area contributed by atoms with E-state index in [0.29, 0.717) is 5.92 Å². The van der Waals surface area contributed by atoms with Gasteiger partial charge in [0, 0.05) is 0 Å². The van der Waals surface area contributed by atoms with Crippen LogP contribution in [0.3, 0.4) is 0 Å². The first kappa shape index (κ1) is 21.6. The topological polar surface area (TPSA) is 3.88 Å². The molecule has 0 amide bonds. The average Bonchev–Trinajstić information content (AvgIpc) is 3.08. The summed E-state index contributed by atoms with van der Waals surface area (Å²) in [7, 11) is 2.25. The van der Waals surface area contributed by atoms with Crippen LogP contribution >= 0.6 is 0 Å². The van der Waals surface area contributed by atoms with Crippen LogP contribution in [-0.2, 0) is 19.9 Å². The molecule has 0 saturated heterocycles. The molecule has 0 N–H and O–H groups in total. The van der Waals surface area contributed by atoms with Crippen molar-refractivity contribution >= 4 is 17.7 Å². The number of hydrogen-bond acceptors (Lipinski definition) is 0. The second kappa shape index (κ2) is 8.73. The van der Waals surface area contributed by atoms with Gasteiger partial charge in [-0.2, -0.15) is 0 Å². The fourth-order valence-corrected chi connectivity index (χ4v) is 8.47. The summed E-state index contributed by atoms with van der Waals surface area (Å²) in [6, 6.07) is 9.65. The molecule has 0 bridgehead atoms. The molecule has 28 heavy (non-hydrogen) atoms. The summed E-state index contributed by atoms with van der Waals surface area (Å²) in [6.45, 7) is 6.88. The molecular weight excluding hydrogens is 399 g/mol. The zero-order valence-electron chi connectivity index (χ0n) is 19.2. The molecular formula is C26H40GeN+. The van der Waals surface area contributed by atoms with Gasteiger partial charge in [-0.05, 0) is 0 Å². The Morgan fingerprint density at radius 2 is 1.75 bits per heavy atom. The molecule has 0 spiro atoms. The number of pyridine rings is 1. The van der Waals surface area contributed by atoms with Crippen LogP contribution in [0.1, 0.15) is 56.2 Å². The van der Waals surface area contributed by atoms with E-state index in [1.165, 1.54) is 54.5 Å². The number of benzene rings is 1. The Hall–Kier alpha value is -1.09. The second-order valence-electron chi connectivity index (χ2n) is 10.6. The minimum absolute atomic E-state index is 0.693. The van der Waals surface area contributed by atoms with Crippen LogP contribution in [-0.4, -0.2) is 13.3 Å². The van der Waals surface area contributed by atoms with Gasteiger partial charge >= 0.3 is 176 Å². The summed E-state index contributed by atoms with van der Waals surface area (Å²) >= 11 is -1.96. The summed E-state index contributed by atoms with van der Waals surface area (Å²) < 4.78 is 4.12. The van der Waals surface area contributed by atoms with Gasteiger partial charge in [0.25, 0.3) is 0 Å². The number of aryl methyl sites for hydroxylation is 2. The van der Waals surface area contributed by atoms with E-state index in [0.717, 1.165) is 12.3 Å². The zero-order chi connectivity index (χ0) is 20.5. The molecule has 2 heteroatoms. The van der Waals surface area contributed by atoms with Crippen molar-refractivity contribution in [3.05, 3.63) is 47.2 Å². The third-order valence-corrected chi connectivity index (χ3v) is 10.7. The third kappa shape index (κ3) is 5.09. The number of hydrogen-bond donors (Lipinski definition) is 0. The number of aromatic nitrogens is 1. The Morgan fingerprint density at radius 1 is 1.07 bits per heavy atom. The first-order valence-electron chi connectivity index (χ1n) is 11.3. The fraction of sp³-hybridized carbons (Fsp3) is 0.577. The Bertz CT molecular complexity index is 823. The van der Waals surface area contributed by atoms with Crippen LogP contribution in [0.2, 0.25) is 17.3 Å². The van der Waals surface area contributed by atoms with Crippen molar-refractivity contribution < 1.29 is 4.57 Å². The first-order valence-corrected chi connectivity index (χ1v) is 18.6. The quantitative estimate of drug-likeness (QED) is 0.386. The molecule has 2 aromatic rings. The van der Waals surface area contributed by atoms with Crippen molar-refractivity contribution in [1.82, 2.24) is 0 Å². The SMILES string of the molecule is Cc1ccc(CC(C)C)cc1-c1c[c]([Ge]([CH3])([CH3])[CH3])c(CC2CCCC2)c[n+]1C. The Morgan fingerprint density at radius 3 is 2.36 bits per heavy atom. The second-order valence-corrected chi connectivity index (χ2v) is 21.1. The van der Waals surface area contributed by atoms with Crippen molar-refractivity contribution in [3.63, 3.8) is 0 Å². The molecule has 0 atom stereocenters. The molecule has 1 fully saturated rings. The van der Waals surface area contributed by atoms with E-state index in [9.17, 15) is 0 Å². The number of rotatable bonds is 6. The van der Waals surface area contributed by atoms with Crippen LogP contribution in [0.5, 0.6) is 0 Å². The van der Waals surface area contributed by atoms with E-state index < -0.39 is 13.3 Å². The van der Waals surface area contributed by atoms with Gasteiger partial charge in [0.2, 0.25) is 0 Å². The zero-order valence-corrected chi connectivity index (χ0v) is 21.3. The Kier molecular flexibility index (Phi) is 6.74. The molecule has 1 aliphatic carbocycles. The normalized spacial score (nSPS) is 15.6. The molecule has 1 saturated carbocycles. The minimum atomic E-state index is -1.96. The average molecular weight is 439 g/mol. The van der Waals surface area contributed by atoms with Gasteiger partial charge in [0.05, 0.1) is 0 Å². The Balaban J connectivity index is 2.07. The molecule has 1 nitrogen and oxygen atoms in total. The summed E-state index contributed by atoms with van der Waals surface area (Å²) in [5, 5.41) is 0. The van der Waals surface area contributed by atoms with Crippen LogP contribution in [0, 0.1) is 18.8 Å². The molecule has 0 radical (unpaired) electrons. The summed E-state index contributed by atoms with van der Waals surface area (Å²) in [4.78, 5) is 0. The van der Waals surface area contributed by atoms with Gasteiger partial charge in [-0.15, -0.1) is 0 Å². The summed E-state index contributed by atoms with van der Waals surface area (Å²) in [5.41, 5.74) is 7.31. The maximum atomic E-state index is 2.58. The van der Waals surface area contributed by atoms with E-state index in [-0.39, 0.29) is 0 Å². The van der Waals surface area contributed by atoms with Crippen LogP contribution in [0.25, 0.3) is 11.3 Å². The van der Waals surface area contributed by atoms with E-state index in [4.69, 9.17) is 0 Å². The van der Waals surface area contributed by atoms with Crippen molar-refractivity contribution in [2.45, 2.75) is 76.6 Å². The molecule has 1 heterocycles. The fourth-order valence-electron chi connectivity index (χ4n) is 4.90. The molecule has 3 rings (SSSR count). The molecule has 152 valence electrons. The van der Waals surface area contributed by atoms with Gasteiger partial charge in [-0.1, -0.05) is 0 Å². The summed E-state index contributed by atoms with van der Waals surface area (Å²) in [6.07, 6.45) is 10.6. The number of nitrogens with zero attached hydrogens (tertiary/aromatic N) is 1. The Labute approximate surface area is 175 Å². The molecule has 1 aromatic carbocycles. The monoisotopic (exact) mass is 440 g/mol. The standard InChI is InChI=1S/C26H40GeN/c1-19(2)14-22-13-12-20(3)24(16-22)26-17-25(27(4,5)6)23(18-28(26)7)15-21-10-8-9-11-21/h12-13,16-19,21H,8-11,14-15H2,1-7H3/q+1. The van der Waals surface area contributed by atoms with Crippen LogP contribution in [0.4, 0.5) is 0 Å². The van der Waals surface area contributed by atoms with Crippen molar-refractivity contribution in [1.29, 1.82) is 0 Å². The molecule has 0 unspecified atom stereocenters. The maximum absolute atomic E-state index is 2.58. The summed E-state index contributed by atoms with van der Waals surface area (Å²) in [5.74, 6) is 9.27. The van der Waals surface area contributed by atoms with Crippen LogP contribution < -0.4 is 8.96 Å². The van der Waals surface area contributed by atoms with Gasteiger partial charge in [0.15, 0.2) is 0 Å². The van der Waals surface area contributed by atoms with E-state index in [1.807, 2.05) is 0 Å². The van der Waals surface area contributed by atoms with Crippen LogP contribution in [0.15, 0.2) is 30.5 Å². The molecule has 0 aliphatic heterocycles. The van der Waals surface area contributed by atoms with E-state index in [1.54, 1.807) is 9.96 Å². The third-order valence-electron chi connectivity index (χ3n) is 6.37. The predicted molar refractivity (Wildman–Crippen MR) is 125 cm³/mol. The van der Waals surface area contributed by atoms with Gasteiger partial charge < -0.3 is 0 Å².